The summed E-state index contributed by atoms with van der Waals surface area (Å²) in [5.41, 5.74) is 4.07. The molecule has 1 spiro atoms. The Morgan fingerprint density at radius 3 is 2.52 bits per heavy atom. The first-order valence-corrected chi connectivity index (χ1v) is 23.2. The molecule has 5 fully saturated rings. The molecule has 3 aromatic carbocycles. The van der Waals surface area contributed by atoms with E-state index in [9.17, 15) is 28.3 Å². The van der Waals surface area contributed by atoms with Crippen molar-refractivity contribution in [1.82, 2.24) is 20.0 Å². The van der Waals surface area contributed by atoms with Gasteiger partial charge in [-0.2, -0.15) is 0 Å². The van der Waals surface area contributed by atoms with Crippen LogP contribution in [0.2, 0.25) is 0 Å². The zero-order valence-electron chi connectivity index (χ0n) is 36.4. The van der Waals surface area contributed by atoms with E-state index in [1.807, 2.05) is 48.2 Å². The van der Waals surface area contributed by atoms with Gasteiger partial charge in [0.2, 0.25) is 11.8 Å². The number of fused-ring (bicyclic) bond motifs is 7. The lowest BCUT2D eigenvalue weighted by Gasteiger charge is -2.48. The van der Waals surface area contributed by atoms with Crippen LogP contribution < -0.4 is 25.2 Å². The lowest BCUT2D eigenvalue weighted by molar-refractivity contribution is -0.136. The third kappa shape index (κ3) is 7.50. The highest BCUT2D eigenvalue weighted by Crippen LogP contribution is 2.52. The molecule has 0 radical (unpaired) electrons. The smallest absolute Gasteiger partial charge is 0.283 e. The number of nitrogens with one attached hydrogen (secondary N) is 2. The van der Waals surface area contributed by atoms with E-state index in [4.69, 9.17) is 9.47 Å². The van der Waals surface area contributed by atoms with Crippen molar-refractivity contribution in [2.75, 3.05) is 80.8 Å². The van der Waals surface area contributed by atoms with E-state index in [2.05, 4.69) is 20.4 Å². The number of aliphatic hydroxyl groups is 1. The predicted molar refractivity (Wildman–Crippen MR) is 232 cm³/mol. The summed E-state index contributed by atoms with van der Waals surface area (Å²) in [6, 6.07) is 11.7. The Morgan fingerprint density at radius 1 is 0.969 bits per heavy atom. The van der Waals surface area contributed by atoms with Gasteiger partial charge in [0.25, 0.3) is 11.8 Å². The van der Waals surface area contributed by atoms with Gasteiger partial charge in [-0.15, -0.1) is 0 Å². The Morgan fingerprint density at radius 2 is 1.75 bits per heavy atom. The number of likely N-dealkylation sites (tertiary alicyclic amines) is 1. The Labute approximate surface area is 375 Å². The normalized spacial score (nSPS) is 29.8. The number of imide groups is 1. The molecule has 3 N–H and O–H groups in total. The fourth-order valence-electron chi connectivity index (χ4n) is 12.5. The number of carbonyl (C=O) groups excluding carboxylic acids is 3. The van der Waals surface area contributed by atoms with Gasteiger partial charge in [0, 0.05) is 86.7 Å². The number of ether oxygens (including phenoxy) is 2. The minimum atomic E-state index is -3.45. The van der Waals surface area contributed by atoms with Crippen LogP contribution >= 0.6 is 0 Å². The maximum absolute atomic E-state index is 16.5. The molecule has 8 heterocycles. The molecule has 11 rings (SSSR count). The number of para-hydroxylation sites is 1. The molecule has 8 aliphatic rings. The van der Waals surface area contributed by atoms with Crippen molar-refractivity contribution in [2.24, 2.45) is 5.92 Å². The molecule has 3 aromatic rings. The standard InChI is InChI=1S/C48H55F4N7O6/c1-27-14-34-32-4-2-3-5-37(32)53-43(34)44(59(27)25-48(51,52)26-60)42-35(49)16-30(17-36(42)50)56-10-8-47(9-11-56)19-28(23-65-47)20-55-12-13-57-31(22-55)24-64-40-18-33-29(15-39(40)57)21-58(46(33)63)38-6-7-41(61)54-45(38)62/h2-5,15-18,27-28,31,34,38,43-44,53,60H,6-14,19-26H2,1H3,(H,54,61,62)/t27-,28?,31-,34?,38?,43?,44-/m1/s1. The van der Waals surface area contributed by atoms with Gasteiger partial charge in [0.1, 0.15) is 36.6 Å². The number of anilines is 3. The highest BCUT2D eigenvalue weighted by atomic mass is 19.3. The van der Waals surface area contributed by atoms with Crippen molar-refractivity contribution >= 4 is 34.8 Å². The van der Waals surface area contributed by atoms with E-state index in [1.165, 1.54) is 17.0 Å². The van der Waals surface area contributed by atoms with Gasteiger partial charge in [-0.25, -0.2) is 17.6 Å². The molecule has 0 saturated carbocycles. The monoisotopic (exact) mass is 901 g/mol. The largest absolute Gasteiger partial charge is 0.489 e. The number of benzene rings is 3. The van der Waals surface area contributed by atoms with Crippen LogP contribution in [0.5, 0.6) is 5.75 Å². The third-order valence-corrected chi connectivity index (χ3v) is 15.7. The van der Waals surface area contributed by atoms with Crippen molar-refractivity contribution in [3.63, 3.8) is 0 Å². The average molecular weight is 902 g/mol. The van der Waals surface area contributed by atoms with Gasteiger partial charge in [0.05, 0.1) is 42.6 Å². The molecule has 3 amide bonds. The quantitative estimate of drug-likeness (QED) is 0.208. The molecule has 0 aromatic heterocycles. The van der Waals surface area contributed by atoms with Crippen LogP contribution in [0.15, 0.2) is 48.5 Å². The molecular formula is C48H55F4N7O6. The van der Waals surface area contributed by atoms with Crippen molar-refractivity contribution in [3.8, 4) is 5.75 Å². The average Bonchev–Trinajstić information content (AvgIpc) is 3.96. The van der Waals surface area contributed by atoms with E-state index in [-0.39, 0.29) is 41.4 Å². The van der Waals surface area contributed by atoms with Crippen LogP contribution in [-0.2, 0) is 20.9 Å². The molecule has 0 bridgehead atoms. The molecule has 65 heavy (non-hydrogen) atoms. The van der Waals surface area contributed by atoms with Crippen molar-refractivity contribution < 1.29 is 46.5 Å². The van der Waals surface area contributed by atoms with Gasteiger partial charge >= 0.3 is 0 Å². The van der Waals surface area contributed by atoms with Gasteiger partial charge in [-0.3, -0.25) is 29.5 Å². The van der Waals surface area contributed by atoms with Crippen LogP contribution in [-0.4, -0.2) is 139 Å². The molecule has 8 aliphatic heterocycles. The number of rotatable bonds is 8. The zero-order chi connectivity index (χ0) is 44.9. The van der Waals surface area contributed by atoms with Crippen LogP contribution in [0.4, 0.5) is 34.6 Å². The first-order chi connectivity index (χ1) is 31.3. The van der Waals surface area contributed by atoms with Gasteiger partial charge < -0.3 is 34.6 Å². The molecule has 17 heteroatoms. The molecule has 7 atom stereocenters. The molecule has 13 nitrogen and oxygen atoms in total. The molecule has 0 aliphatic carbocycles. The number of amides is 3. The first kappa shape index (κ1) is 42.7. The maximum atomic E-state index is 16.5. The molecule has 346 valence electrons. The van der Waals surface area contributed by atoms with E-state index in [1.54, 1.807) is 4.90 Å². The zero-order valence-corrected chi connectivity index (χ0v) is 36.4. The second kappa shape index (κ2) is 16.1. The summed E-state index contributed by atoms with van der Waals surface area (Å²) in [7, 11) is 0. The Kier molecular flexibility index (Phi) is 10.6. The fourth-order valence-corrected chi connectivity index (χ4v) is 12.5. The number of hydrogen-bond donors (Lipinski definition) is 3. The minimum Gasteiger partial charge on any atom is -0.489 e. The van der Waals surface area contributed by atoms with Crippen molar-refractivity contribution in [2.45, 2.75) is 99.6 Å². The highest BCUT2D eigenvalue weighted by molar-refractivity contribution is 6.06. The number of piperazine rings is 1. The van der Waals surface area contributed by atoms with Crippen molar-refractivity contribution in [1.29, 1.82) is 0 Å². The SMILES string of the molecule is C[C@@H]1CC2c3ccccc3NC2[C@@H](c2c(F)cc(N3CCC4(CC3)CC(CN3CCN5c6cc7c(cc6OC[C@H]5C3)C(=O)N(C3CCC(=O)NC3=O)C7)CO4)cc2F)N1CC(F)(F)CO. The number of alkyl halides is 2. The first-order valence-electron chi connectivity index (χ1n) is 23.2. The number of nitrogens with zero attached hydrogens (tertiary/aromatic N) is 5. The fraction of sp³-hybridized carbons (Fsp3) is 0.562. The summed E-state index contributed by atoms with van der Waals surface area (Å²) < 4.78 is 75.6. The number of hydrogen-bond acceptors (Lipinski definition) is 11. The summed E-state index contributed by atoms with van der Waals surface area (Å²) in [6.45, 7) is 5.51. The van der Waals surface area contributed by atoms with E-state index in [0.717, 1.165) is 55.1 Å². The van der Waals surface area contributed by atoms with E-state index >= 15 is 8.78 Å². The topological polar surface area (TPSA) is 130 Å². The summed E-state index contributed by atoms with van der Waals surface area (Å²) in [6.07, 6.45) is 3.35. The van der Waals surface area contributed by atoms with Crippen LogP contribution in [0.3, 0.4) is 0 Å². The summed E-state index contributed by atoms with van der Waals surface area (Å²) >= 11 is 0. The Hall–Kier alpha value is -4.97. The van der Waals surface area contributed by atoms with Crippen LogP contribution in [0, 0.1) is 17.6 Å². The Bertz CT molecular complexity index is 2390. The number of halogens is 4. The molecule has 5 saturated heterocycles. The van der Waals surface area contributed by atoms with Crippen LogP contribution in [0.25, 0.3) is 0 Å². The van der Waals surface area contributed by atoms with Gasteiger partial charge in [-0.1, -0.05) is 18.2 Å². The molecular weight excluding hydrogens is 847 g/mol. The summed E-state index contributed by atoms with van der Waals surface area (Å²) in [4.78, 5) is 47.6. The Balaban J connectivity index is 0.719. The second-order valence-electron chi connectivity index (χ2n) is 19.7. The van der Waals surface area contributed by atoms with Gasteiger partial charge in [0.15, 0.2) is 0 Å². The van der Waals surface area contributed by atoms with E-state index in [0.29, 0.717) is 81.4 Å². The predicted octanol–water partition coefficient (Wildman–Crippen LogP) is 5.03. The van der Waals surface area contributed by atoms with Gasteiger partial charge in [-0.05, 0) is 86.4 Å². The molecule has 4 unspecified atom stereocenters. The van der Waals surface area contributed by atoms with Crippen molar-refractivity contribution in [3.05, 3.63) is 82.4 Å². The summed E-state index contributed by atoms with van der Waals surface area (Å²) in [5, 5.41) is 15.3. The van der Waals surface area contributed by atoms with E-state index < -0.39 is 60.8 Å². The summed E-state index contributed by atoms with van der Waals surface area (Å²) in [5.74, 6) is -5.09. The third-order valence-electron chi connectivity index (χ3n) is 15.7. The highest BCUT2D eigenvalue weighted by Gasteiger charge is 2.51. The number of piperidine rings is 3. The number of carbonyl (C=O) groups is 3. The maximum Gasteiger partial charge on any atom is 0.283 e. The second-order valence-corrected chi connectivity index (χ2v) is 19.7. The lowest BCUT2D eigenvalue weighted by atomic mass is 9.77. The lowest BCUT2D eigenvalue weighted by Crippen LogP contribution is -2.58. The minimum absolute atomic E-state index is 0.126. The number of aliphatic hydroxyl groups excluding tert-OH is 1. The van der Waals surface area contributed by atoms with Crippen LogP contribution in [0.1, 0.15) is 84.5 Å².